The maximum absolute atomic E-state index is 11.9. The Hall–Kier alpha value is 0.1000. The Kier molecular flexibility index (Phi) is 2.72. The highest BCUT2D eigenvalue weighted by Gasteiger charge is 2.39. The third kappa shape index (κ3) is 1.89. The quantitative estimate of drug-likeness (QED) is 0.643. The van der Waals surface area contributed by atoms with Crippen molar-refractivity contribution in [1.82, 2.24) is 0 Å². The van der Waals surface area contributed by atoms with Crippen molar-refractivity contribution < 1.29 is 9.53 Å². The average Bonchev–Trinajstić information content (AvgIpc) is 2.00. The number of ketones is 1. The van der Waals surface area contributed by atoms with Crippen LogP contribution in [0.2, 0.25) is 0 Å². The zero-order valence-electron chi connectivity index (χ0n) is 8.60. The van der Waals surface area contributed by atoms with Crippen LogP contribution in [-0.4, -0.2) is 17.5 Å². The van der Waals surface area contributed by atoms with Crippen molar-refractivity contribution in [2.24, 2.45) is 0 Å². The molecular formula is C11H15IO2. The van der Waals surface area contributed by atoms with E-state index in [0.717, 1.165) is 24.8 Å². The van der Waals surface area contributed by atoms with Crippen molar-refractivity contribution >= 4 is 28.4 Å². The molecule has 0 aromatic carbocycles. The summed E-state index contributed by atoms with van der Waals surface area (Å²) < 4.78 is 7.16. The molecule has 1 heterocycles. The molecule has 78 valence electrons. The maximum atomic E-state index is 11.9. The Morgan fingerprint density at radius 2 is 2.21 bits per heavy atom. The van der Waals surface area contributed by atoms with E-state index >= 15 is 0 Å². The van der Waals surface area contributed by atoms with E-state index in [1.807, 2.05) is 13.8 Å². The van der Waals surface area contributed by atoms with Gasteiger partial charge in [0.15, 0.2) is 5.78 Å². The summed E-state index contributed by atoms with van der Waals surface area (Å²) in [7, 11) is 0. The molecule has 0 spiro atoms. The number of fused-ring (bicyclic) bond motifs is 1. The summed E-state index contributed by atoms with van der Waals surface area (Å²) in [6.45, 7) is 4.01. The molecule has 0 aromatic heterocycles. The van der Waals surface area contributed by atoms with Gasteiger partial charge >= 0.3 is 0 Å². The lowest BCUT2D eigenvalue weighted by Gasteiger charge is -2.39. The molecule has 1 aliphatic heterocycles. The van der Waals surface area contributed by atoms with Crippen molar-refractivity contribution in [3.05, 3.63) is 9.15 Å². The molecule has 14 heavy (non-hydrogen) atoms. The Morgan fingerprint density at radius 1 is 1.50 bits per heavy atom. The van der Waals surface area contributed by atoms with Gasteiger partial charge in [0.25, 0.3) is 0 Å². The molecule has 2 rings (SSSR count). The number of hydrogen-bond acceptors (Lipinski definition) is 2. The number of rotatable bonds is 0. The van der Waals surface area contributed by atoms with E-state index in [1.165, 1.54) is 3.58 Å². The molecule has 0 radical (unpaired) electrons. The van der Waals surface area contributed by atoms with E-state index in [1.54, 1.807) is 0 Å². The molecule has 3 heteroatoms. The maximum Gasteiger partial charge on any atom is 0.165 e. The molecule has 1 fully saturated rings. The zero-order valence-corrected chi connectivity index (χ0v) is 10.8. The number of carbonyl (C=O) groups is 1. The van der Waals surface area contributed by atoms with Crippen LogP contribution in [0.15, 0.2) is 9.15 Å². The largest absolute Gasteiger partial charge is 0.367 e. The third-order valence-corrected chi connectivity index (χ3v) is 3.95. The second-order valence-electron chi connectivity index (χ2n) is 4.68. The lowest BCUT2D eigenvalue weighted by molar-refractivity contribution is -0.137. The summed E-state index contributed by atoms with van der Waals surface area (Å²) in [6.07, 6.45) is 3.83. The van der Waals surface area contributed by atoms with Gasteiger partial charge in [-0.1, -0.05) is 0 Å². The fourth-order valence-corrected chi connectivity index (χ4v) is 3.28. The van der Waals surface area contributed by atoms with Crippen molar-refractivity contribution in [2.45, 2.75) is 51.2 Å². The lowest BCUT2D eigenvalue weighted by atomic mass is 9.84. The van der Waals surface area contributed by atoms with E-state index in [0.29, 0.717) is 12.2 Å². The van der Waals surface area contributed by atoms with Crippen LogP contribution in [0.3, 0.4) is 0 Å². The Balaban J connectivity index is 2.33. The smallest absolute Gasteiger partial charge is 0.165 e. The van der Waals surface area contributed by atoms with Gasteiger partial charge in [0.2, 0.25) is 0 Å². The molecular weight excluding hydrogens is 291 g/mol. The fourth-order valence-electron chi connectivity index (χ4n) is 2.25. The predicted molar refractivity (Wildman–Crippen MR) is 63.5 cm³/mol. The molecule has 0 aromatic rings. The molecule has 0 saturated carbocycles. The highest BCUT2D eigenvalue weighted by molar-refractivity contribution is 14.1. The van der Waals surface area contributed by atoms with Gasteiger partial charge in [-0.3, -0.25) is 4.79 Å². The first-order chi connectivity index (χ1) is 6.49. The van der Waals surface area contributed by atoms with E-state index in [9.17, 15) is 4.79 Å². The van der Waals surface area contributed by atoms with Gasteiger partial charge in [0, 0.05) is 12.0 Å². The highest BCUT2D eigenvalue weighted by atomic mass is 127. The molecule has 2 aliphatic rings. The topological polar surface area (TPSA) is 26.3 Å². The molecule has 1 aliphatic carbocycles. The van der Waals surface area contributed by atoms with Gasteiger partial charge in [0.05, 0.1) is 11.7 Å². The summed E-state index contributed by atoms with van der Waals surface area (Å²) >= 11 is 2.30. The van der Waals surface area contributed by atoms with Gasteiger partial charge in [-0.2, -0.15) is 0 Å². The van der Waals surface area contributed by atoms with Gasteiger partial charge in [-0.05, 0) is 59.3 Å². The number of hydrogen-bond donors (Lipinski definition) is 0. The molecule has 1 atom stereocenters. The summed E-state index contributed by atoms with van der Waals surface area (Å²) in [5, 5.41) is 0. The summed E-state index contributed by atoms with van der Waals surface area (Å²) in [4.78, 5) is 11.9. The van der Waals surface area contributed by atoms with Crippen LogP contribution < -0.4 is 0 Å². The second-order valence-corrected chi connectivity index (χ2v) is 5.98. The lowest BCUT2D eigenvalue weighted by Crippen LogP contribution is -2.43. The second kappa shape index (κ2) is 3.59. The van der Waals surface area contributed by atoms with E-state index in [2.05, 4.69) is 22.6 Å². The minimum atomic E-state index is -0.264. The first-order valence-electron chi connectivity index (χ1n) is 5.09. The highest BCUT2D eigenvalue weighted by Crippen LogP contribution is 2.39. The zero-order chi connectivity index (χ0) is 10.3. The third-order valence-electron chi connectivity index (χ3n) is 2.82. The minimum absolute atomic E-state index is 0.0758. The number of carbonyl (C=O) groups excluding carboxylic acids is 1. The number of halogens is 1. The van der Waals surface area contributed by atoms with Gasteiger partial charge in [-0.25, -0.2) is 0 Å². The molecule has 0 N–H and O–H groups in total. The van der Waals surface area contributed by atoms with Crippen LogP contribution >= 0.6 is 22.6 Å². The van der Waals surface area contributed by atoms with E-state index < -0.39 is 0 Å². The number of allylic oxidation sites excluding steroid dienone is 1. The van der Waals surface area contributed by atoms with Crippen LogP contribution in [-0.2, 0) is 9.53 Å². The standard InChI is InChI=1S/C11H15IO2/c1-11(2)6-8(13)10-7(12)4-3-5-9(10)14-11/h9H,3-6H2,1-2H3. The monoisotopic (exact) mass is 306 g/mol. The van der Waals surface area contributed by atoms with Crippen molar-refractivity contribution in [3.63, 3.8) is 0 Å². The number of ether oxygens (including phenoxy) is 1. The van der Waals surface area contributed by atoms with Gasteiger partial charge in [-0.15, -0.1) is 0 Å². The summed E-state index contributed by atoms with van der Waals surface area (Å²) in [5.74, 6) is 0.301. The predicted octanol–water partition coefficient (Wildman–Crippen LogP) is 3.00. The van der Waals surface area contributed by atoms with Crippen molar-refractivity contribution in [1.29, 1.82) is 0 Å². The van der Waals surface area contributed by atoms with Crippen molar-refractivity contribution in [3.8, 4) is 0 Å². The Labute approximate surface area is 98.2 Å². The summed E-state index contributed by atoms with van der Waals surface area (Å²) in [5.41, 5.74) is 0.704. The summed E-state index contributed by atoms with van der Waals surface area (Å²) in [6, 6.07) is 0. The molecule has 0 amide bonds. The fraction of sp³-hybridized carbons (Fsp3) is 0.727. The van der Waals surface area contributed by atoms with Crippen molar-refractivity contribution in [2.75, 3.05) is 0 Å². The van der Waals surface area contributed by atoms with Crippen LogP contribution in [0, 0.1) is 0 Å². The first-order valence-corrected chi connectivity index (χ1v) is 6.17. The molecule has 1 unspecified atom stereocenters. The Bertz CT molecular complexity index is 304. The Morgan fingerprint density at radius 3 is 2.93 bits per heavy atom. The van der Waals surface area contributed by atoms with E-state index in [4.69, 9.17) is 4.74 Å². The molecule has 2 nitrogen and oxygen atoms in total. The van der Waals surface area contributed by atoms with Gasteiger partial charge in [0.1, 0.15) is 0 Å². The van der Waals surface area contributed by atoms with Crippen LogP contribution in [0.25, 0.3) is 0 Å². The first kappa shape index (κ1) is 10.6. The van der Waals surface area contributed by atoms with Crippen LogP contribution in [0.5, 0.6) is 0 Å². The molecule has 0 bridgehead atoms. The number of Topliss-reactive ketones (excluding diaryl/α,β-unsaturated/α-hetero) is 1. The van der Waals surface area contributed by atoms with Gasteiger partial charge < -0.3 is 4.74 Å². The SMILES string of the molecule is CC1(C)CC(=O)C2=C(I)CCCC2O1. The van der Waals surface area contributed by atoms with Crippen LogP contribution in [0.1, 0.15) is 39.5 Å². The van der Waals surface area contributed by atoms with Crippen LogP contribution in [0.4, 0.5) is 0 Å². The normalized spacial score (nSPS) is 31.6. The molecule has 1 saturated heterocycles. The average molecular weight is 306 g/mol. The van der Waals surface area contributed by atoms with E-state index in [-0.39, 0.29) is 11.7 Å². The minimum Gasteiger partial charge on any atom is -0.367 e.